The van der Waals surface area contributed by atoms with Gasteiger partial charge in [0.05, 0.1) is 7.11 Å². The third-order valence-corrected chi connectivity index (χ3v) is 5.73. The Hall–Kier alpha value is -4.06. The molecule has 1 aromatic heterocycles. The number of amides is 2. The number of methoxy groups -OCH3 is 1. The van der Waals surface area contributed by atoms with Gasteiger partial charge in [-0.25, -0.2) is 0 Å². The molecule has 6 heteroatoms. The van der Waals surface area contributed by atoms with Crippen LogP contribution < -0.4 is 15.4 Å². The summed E-state index contributed by atoms with van der Waals surface area (Å²) >= 11 is 0. The summed E-state index contributed by atoms with van der Waals surface area (Å²) in [4.78, 5) is 28.3. The predicted molar refractivity (Wildman–Crippen MR) is 137 cm³/mol. The van der Waals surface area contributed by atoms with Crippen molar-refractivity contribution in [3.8, 4) is 17.0 Å². The zero-order valence-corrected chi connectivity index (χ0v) is 19.6. The molecule has 0 unspecified atom stereocenters. The van der Waals surface area contributed by atoms with Crippen molar-refractivity contribution in [2.24, 2.45) is 5.92 Å². The Morgan fingerprint density at radius 2 is 1.62 bits per heavy atom. The highest BCUT2D eigenvalue weighted by Crippen LogP contribution is 2.32. The van der Waals surface area contributed by atoms with Gasteiger partial charge >= 0.3 is 0 Å². The summed E-state index contributed by atoms with van der Waals surface area (Å²) in [5.41, 5.74) is 5.51. The van der Waals surface area contributed by atoms with E-state index >= 15 is 0 Å². The van der Waals surface area contributed by atoms with Crippen molar-refractivity contribution in [3.63, 3.8) is 0 Å². The average molecular weight is 456 g/mol. The molecule has 0 saturated carbocycles. The van der Waals surface area contributed by atoms with Crippen LogP contribution in [0, 0.1) is 5.92 Å². The third kappa shape index (κ3) is 5.29. The van der Waals surface area contributed by atoms with E-state index in [2.05, 4.69) is 21.7 Å². The Balaban J connectivity index is 1.50. The highest BCUT2D eigenvalue weighted by Gasteiger charge is 2.15. The molecule has 0 saturated heterocycles. The molecule has 4 rings (SSSR count). The maximum Gasteiger partial charge on any atom is 0.226 e. The molecule has 0 fully saturated rings. The van der Waals surface area contributed by atoms with Gasteiger partial charge in [-0.3, -0.25) is 9.59 Å². The van der Waals surface area contributed by atoms with E-state index in [-0.39, 0.29) is 17.7 Å². The number of carbonyl (C=O) groups is 2. The fourth-order valence-corrected chi connectivity index (χ4v) is 3.89. The van der Waals surface area contributed by atoms with Crippen LogP contribution in [-0.2, 0) is 16.0 Å². The van der Waals surface area contributed by atoms with Crippen LogP contribution in [0.1, 0.15) is 25.8 Å². The summed E-state index contributed by atoms with van der Waals surface area (Å²) < 4.78 is 5.28. The van der Waals surface area contributed by atoms with E-state index in [1.54, 1.807) is 13.2 Å². The van der Waals surface area contributed by atoms with Crippen LogP contribution in [0.2, 0.25) is 0 Å². The van der Waals surface area contributed by atoms with Crippen LogP contribution in [0.25, 0.3) is 22.2 Å². The highest BCUT2D eigenvalue weighted by molar-refractivity contribution is 5.96. The number of aromatic nitrogens is 1. The van der Waals surface area contributed by atoms with Crippen molar-refractivity contribution >= 4 is 34.1 Å². The normalized spacial score (nSPS) is 10.9. The van der Waals surface area contributed by atoms with Gasteiger partial charge in [0.25, 0.3) is 0 Å². The minimum atomic E-state index is -0.116. The number of H-pyrrole nitrogens is 1. The number of hydrogen-bond acceptors (Lipinski definition) is 3. The number of carbonyl (C=O) groups excluding carboxylic acids is 2. The third-order valence-electron chi connectivity index (χ3n) is 5.73. The van der Waals surface area contributed by atoms with Gasteiger partial charge < -0.3 is 20.4 Å². The lowest BCUT2D eigenvalue weighted by atomic mass is 10.0. The van der Waals surface area contributed by atoms with Gasteiger partial charge in [-0.15, -0.1) is 0 Å². The van der Waals surface area contributed by atoms with Crippen LogP contribution in [0.5, 0.6) is 5.75 Å². The molecule has 1 heterocycles. The van der Waals surface area contributed by atoms with Crippen molar-refractivity contribution < 1.29 is 14.3 Å². The summed E-state index contributed by atoms with van der Waals surface area (Å²) in [5, 5.41) is 6.92. The first-order chi connectivity index (χ1) is 16.4. The quantitative estimate of drug-likeness (QED) is 0.304. The predicted octanol–water partition coefficient (Wildman–Crippen LogP) is 6.01. The van der Waals surface area contributed by atoms with E-state index in [0.29, 0.717) is 24.2 Å². The standard InChI is InChI=1S/C28H29N3O3/c1-18(2)28(33)30-21-8-6-7-20(17-21)29-26(32)16-15-24-23-9-4-5-10-25(23)31-27(24)19-11-13-22(34-3)14-12-19/h4-14,17-18,31H,15-16H2,1-3H3,(H,29,32)(H,30,33). The Bertz CT molecular complexity index is 1310. The van der Waals surface area contributed by atoms with Crippen molar-refractivity contribution in [2.45, 2.75) is 26.7 Å². The van der Waals surface area contributed by atoms with Gasteiger partial charge in [-0.2, -0.15) is 0 Å². The summed E-state index contributed by atoms with van der Waals surface area (Å²) in [6, 6.07) is 23.2. The molecule has 6 nitrogen and oxygen atoms in total. The molecule has 0 aliphatic rings. The van der Waals surface area contributed by atoms with Crippen molar-refractivity contribution in [3.05, 3.63) is 78.4 Å². The summed E-state index contributed by atoms with van der Waals surface area (Å²) in [7, 11) is 1.65. The first kappa shape index (κ1) is 23.1. The first-order valence-electron chi connectivity index (χ1n) is 11.4. The van der Waals surface area contributed by atoms with Crippen molar-refractivity contribution in [1.82, 2.24) is 4.98 Å². The van der Waals surface area contributed by atoms with Gasteiger partial charge in [0.15, 0.2) is 0 Å². The molecule has 3 aromatic carbocycles. The Morgan fingerprint density at radius 3 is 2.32 bits per heavy atom. The second-order valence-corrected chi connectivity index (χ2v) is 8.53. The van der Waals surface area contributed by atoms with Crippen LogP contribution in [0.15, 0.2) is 72.8 Å². The molecule has 174 valence electrons. The van der Waals surface area contributed by atoms with E-state index in [1.165, 1.54) is 0 Å². The largest absolute Gasteiger partial charge is 0.497 e. The monoisotopic (exact) mass is 455 g/mol. The minimum absolute atomic E-state index is 0.0612. The molecule has 34 heavy (non-hydrogen) atoms. The Labute approximate surface area is 199 Å². The van der Waals surface area contributed by atoms with Gasteiger partial charge in [-0.1, -0.05) is 38.1 Å². The van der Waals surface area contributed by atoms with Crippen molar-refractivity contribution in [2.75, 3.05) is 17.7 Å². The number of ether oxygens (including phenoxy) is 1. The SMILES string of the molecule is COc1ccc(-c2[nH]c3ccccc3c2CCC(=O)Nc2cccc(NC(=O)C(C)C)c2)cc1. The lowest BCUT2D eigenvalue weighted by Crippen LogP contribution is -2.18. The number of aromatic amines is 1. The second kappa shape index (κ2) is 10.3. The van der Waals surface area contributed by atoms with E-state index in [1.807, 2.05) is 74.5 Å². The molecule has 0 bridgehead atoms. The van der Waals surface area contributed by atoms with Gasteiger partial charge in [0, 0.05) is 40.3 Å². The molecular weight excluding hydrogens is 426 g/mol. The molecular formula is C28H29N3O3. The number of para-hydroxylation sites is 1. The smallest absolute Gasteiger partial charge is 0.226 e. The molecule has 3 N–H and O–H groups in total. The van der Waals surface area contributed by atoms with Gasteiger partial charge in [0.1, 0.15) is 5.75 Å². The number of rotatable bonds is 8. The number of benzene rings is 3. The van der Waals surface area contributed by atoms with E-state index in [9.17, 15) is 9.59 Å². The minimum Gasteiger partial charge on any atom is -0.497 e. The van der Waals surface area contributed by atoms with Crippen LogP contribution in [0.4, 0.5) is 11.4 Å². The average Bonchev–Trinajstić information content (AvgIpc) is 3.21. The number of hydrogen-bond donors (Lipinski definition) is 3. The second-order valence-electron chi connectivity index (χ2n) is 8.53. The van der Waals surface area contributed by atoms with E-state index in [4.69, 9.17) is 4.74 Å². The maximum absolute atomic E-state index is 12.8. The number of aryl methyl sites for hydroxylation is 1. The lowest BCUT2D eigenvalue weighted by Gasteiger charge is -2.11. The van der Waals surface area contributed by atoms with Crippen LogP contribution in [0.3, 0.4) is 0 Å². The molecule has 0 atom stereocenters. The number of nitrogens with one attached hydrogen (secondary N) is 3. The summed E-state index contributed by atoms with van der Waals surface area (Å²) in [6.45, 7) is 3.68. The molecule has 0 spiro atoms. The topological polar surface area (TPSA) is 83.2 Å². The highest BCUT2D eigenvalue weighted by atomic mass is 16.5. The molecule has 2 amide bonds. The fraction of sp³-hybridized carbons (Fsp3) is 0.214. The summed E-state index contributed by atoms with van der Waals surface area (Å²) in [5.74, 6) is 0.536. The molecule has 0 aliphatic carbocycles. The van der Waals surface area contributed by atoms with Gasteiger partial charge in [-0.05, 0) is 66.1 Å². The first-order valence-corrected chi connectivity index (χ1v) is 11.4. The fourth-order valence-electron chi connectivity index (χ4n) is 3.89. The zero-order chi connectivity index (χ0) is 24.1. The zero-order valence-electron chi connectivity index (χ0n) is 19.6. The van der Waals surface area contributed by atoms with Crippen LogP contribution in [-0.4, -0.2) is 23.9 Å². The summed E-state index contributed by atoms with van der Waals surface area (Å²) in [6.07, 6.45) is 0.911. The van der Waals surface area contributed by atoms with Crippen molar-refractivity contribution in [1.29, 1.82) is 0 Å². The lowest BCUT2D eigenvalue weighted by molar-refractivity contribution is -0.119. The number of anilines is 2. The maximum atomic E-state index is 12.8. The van der Waals surface area contributed by atoms with E-state index in [0.717, 1.165) is 33.5 Å². The Kier molecular flexibility index (Phi) is 6.97. The Morgan fingerprint density at radius 1 is 0.912 bits per heavy atom. The molecule has 0 aliphatic heterocycles. The van der Waals surface area contributed by atoms with E-state index < -0.39 is 0 Å². The van der Waals surface area contributed by atoms with Gasteiger partial charge in [0.2, 0.25) is 11.8 Å². The number of fused-ring (bicyclic) bond motifs is 1. The molecule has 4 aromatic rings. The molecule has 0 radical (unpaired) electrons. The van der Waals surface area contributed by atoms with Crippen LogP contribution >= 0.6 is 0 Å².